The molecule has 4 rings (SSSR count). The van der Waals surface area contributed by atoms with Crippen molar-refractivity contribution in [3.8, 4) is 0 Å². The number of aromatic nitrogens is 2. The minimum absolute atomic E-state index is 0.212. The van der Waals surface area contributed by atoms with Crippen LogP contribution in [0.1, 0.15) is 59.5 Å². The van der Waals surface area contributed by atoms with Gasteiger partial charge in [0.2, 0.25) is 0 Å². The van der Waals surface area contributed by atoms with E-state index in [4.69, 9.17) is 0 Å². The zero-order valence-corrected chi connectivity index (χ0v) is 21.5. The van der Waals surface area contributed by atoms with Crippen molar-refractivity contribution in [1.29, 1.82) is 0 Å². The predicted molar refractivity (Wildman–Crippen MR) is 145 cm³/mol. The fourth-order valence-corrected chi connectivity index (χ4v) is 4.15. The number of halogens is 1. The molecule has 2 amide bonds. The van der Waals surface area contributed by atoms with Crippen molar-refractivity contribution in [3.05, 3.63) is 71.4 Å². The Morgan fingerprint density at radius 2 is 1.68 bits per heavy atom. The highest BCUT2D eigenvalue weighted by Crippen LogP contribution is 2.24. The van der Waals surface area contributed by atoms with E-state index in [1.54, 1.807) is 37.4 Å². The van der Waals surface area contributed by atoms with E-state index < -0.39 is 11.7 Å². The van der Waals surface area contributed by atoms with Gasteiger partial charge in [-0.05, 0) is 68.5 Å². The van der Waals surface area contributed by atoms with Crippen molar-refractivity contribution >= 4 is 34.7 Å². The summed E-state index contributed by atoms with van der Waals surface area (Å²) in [5.41, 5.74) is 2.62. The van der Waals surface area contributed by atoms with Crippen LogP contribution in [0, 0.1) is 18.7 Å². The molecule has 0 spiro atoms. The SMILES string of the molecule is Cc1ncc(NC(=O)c2cc(F)cc(N3CCCCC3)c2)cc1C(=O)Nc1ccc(NCC(C)C)nc1. The normalized spacial score (nSPS) is 13.4. The van der Waals surface area contributed by atoms with E-state index in [1.165, 1.54) is 18.3 Å². The molecule has 9 heteroatoms. The van der Waals surface area contributed by atoms with Crippen LogP contribution in [-0.2, 0) is 0 Å². The second-order valence-electron chi connectivity index (χ2n) is 9.72. The van der Waals surface area contributed by atoms with Crippen LogP contribution in [0.3, 0.4) is 0 Å². The predicted octanol–water partition coefficient (Wildman–Crippen LogP) is 5.49. The van der Waals surface area contributed by atoms with Crippen LogP contribution in [-0.4, -0.2) is 41.4 Å². The summed E-state index contributed by atoms with van der Waals surface area (Å²) in [6.45, 7) is 8.43. The van der Waals surface area contributed by atoms with E-state index in [2.05, 4.69) is 44.7 Å². The summed E-state index contributed by atoms with van der Waals surface area (Å²) in [7, 11) is 0. The molecule has 1 aromatic carbocycles. The number of amides is 2. The standard InChI is InChI=1S/C28H33FN6O2/c1-18(2)15-31-26-8-7-22(16-32-26)33-28(37)25-14-23(17-30-19(25)3)34-27(36)20-11-21(29)13-24(12-20)35-9-5-4-6-10-35/h7-8,11-14,16-18H,4-6,9-10,15H2,1-3H3,(H,31,32)(H,33,37)(H,34,36). The summed E-state index contributed by atoms with van der Waals surface area (Å²) < 4.78 is 14.3. The Hall–Kier alpha value is -4.01. The third-order valence-corrected chi connectivity index (χ3v) is 6.17. The van der Waals surface area contributed by atoms with Gasteiger partial charge in [-0.2, -0.15) is 0 Å². The zero-order valence-electron chi connectivity index (χ0n) is 21.5. The van der Waals surface area contributed by atoms with Crippen molar-refractivity contribution in [2.45, 2.75) is 40.0 Å². The molecular weight excluding hydrogens is 471 g/mol. The van der Waals surface area contributed by atoms with Crippen LogP contribution >= 0.6 is 0 Å². The largest absolute Gasteiger partial charge is 0.371 e. The lowest BCUT2D eigenvalue weighted by atomic mass is 10.1. The highest BCUT2D eigenvalue weighted by molar-refractivity contribution is 6.08. The first kappa shape index (κ1) is 26.1. The Balaban J connectivity index is 1.44. The fourth-order valence-electron chi connectivity index (χ4n) is 4.15. The van der Waals surface area contributed by atoms with Gasteiger partial charge >= 0.3 is 0 Å². The number of carbonyl (C=O) groups is 2. The molecule has 0 saturated carbocycles. The third-order valence-electron chi connectivity index (χ3n) is 6.17. The maximum atomic E-state index is 14.3. The molecule has 1 saturated heterocycles. The molecule has 0 unspecified atom stereocenters. The van der Waals surface area contributed by atoms with Crippen molar-refractivity contribution in [3.63, 3.8) is 0 Å². The second-order valence-corrected chi connectivity index (χ2v) is 9.72. The zero-order chi connectivity index (χ0) is 26.4. The quantitative estimate of drug-likeness (QED) is 0.375. The third kappa shape index (κ3) is 7.03. The summed E-state index contributed by atoms with van der Waals surface area (Å²) in [5.74, 6) is -0.0844. The molecule has 3 heterocycles. The first-order chi connectivity index (χ1) is 17.8. The summed E-state index contributed by atoms with van der Waals surface area (Å²) >= 11 is 0. The summed E-state index contributed by atoms with van der Waals surface area (Å²) in [4.78, 5) is 36.6. The minimum atomic E-state index is -0.469. The highest BCUT2D eigenvalue weighted by Gasteiger charge is 2.17. The maximum Gasteiger partial charge on any atom is 0.257 e. The van der Waals surface area contributed by atoms with Gasteiger partial charge in [0.05, 0.1) is 35.0 Å². The van der Waals surface area contributed by atoms with Gasteiger partial charge in [-0.25, -0.2) is 9.37 Å². The molecule has 37 heavy (non-hydrogen) atoms. The van der Waals surface area contributed by atoms with Crippen LogP contribution in [0.15, 0.2) is 48.8 Å². The second kappa shape index (κ2) is 11.8. The number of nitrogens with zero attached hydrogens (tertiary/aromatic N) is 3. The number of hydrogen-bond acceptors (Lipinski definition) is 6. The van der Waals surface area contributed by atoms with E-state index in [0.29, 0.717) is 34.2 Å². The molecule has 0 bridgehead atoms. The van der Waals surface area contributed by atoms with E-state index in [1.807, 2.05) is 0 Å². The van der Waals surface area contributed by atoms with E-state index in [-0.39, 0.29) is 11.5 Å². The Morgan fingerprint density at radius 1 is 0.946 bits per heavy atom. The number of rotatable bonds is 8. The lowest BCUT2D eigenvalue weighted by molar-refractivity contribution is 0.101. The number of benzene rings is 1. The molecule has 3 aromatic rings. The van der Waals surface area contributed by atoms with Gasteiger partial charge in [0.25, 0.3) is 11.8 Å². The van der Waals surface area contributed by atoms with Gasteiger partial charge in [0.15, 0.2) is 0 Å². The first-order valence-electron chi connectivity index (χ1n) is 12.6. The summed E-state index contributed by atoms with van der Waals surface area (Å²) in [6.07, 6.45) is 6.32. The van der Waals surface area contributed by atoms with Gasteiger partial charge in [-0.3, -0.25) is 14.6 Å². The van der Waals surface area contributed by atoms with Gasteiger partial charge < -0.3 is 20.9 Å². The molecule has 8 nitrogen and oxygen atoms in total. The molecular formula is C28H33FN6O2. The maximum absolute atomic E-state index is 14.3. The molecule has 2 aromatic heterocycles. The highest BCUT2D eigenvalue weighted by atomic mass is 19.1. The van der Waals surface area contributed by atoms with E-state index in [9.17, 15) is 14.0 Å². The molecule has 0 atom stereocenters. The Bertz CT molecular complexity index is 1260. The average molecular weight is 505 g/mol. The average Bonchev–Trinajstić information content (AvgIpc) is 2.89. The lowest BCUT2D eigenvalue weighted by Gasteiger charge is -2.29. The minimum Gasteiger partial charge on any atom is -0.371 e. The van der Waals surface area contributed by atoms with Crippen molar-refractivity contribution < 1.29 is 14.0 Å². The lowest BCUT2D eigenvalue weighted by Crippen LogP contribution is -2.29. The number of carbonyl (C=O) groups excluding carboxylic acids is 2. The number of anilines is 4. The van der Waals surface area contributed by atoms with Crippen molar-refractivity contribution in [2.75, 3.05) is 40.5 Å². The van der Waals surface area contributed by atoms with Crippen LogP contribution in [0.25, 0.3) is 0 Å². The molecule has 1 aliphatic heterocycles. The van der Waals surface area contributed by atoms with Gasteiger partial charge in [0, 0.05) is 30.9 Å². The van der Waals surface area contributed by atoms with Crippen molar-refractivity contribution in [1.82, 2.24) is 9.97 Å². The van der Waals surface area contributed by atoms with Crippen LogP contribution in [0.5, 0.6) is 0 Å². The number of pyridine rings is 2. The summed E-state index contributed by atoms with van der Waals surface area (Å²) in [6, 6.07) is 9.51. The van der Waals surface area contributed by atoms with Gasteiger partial charge in [-0.15, -0.1) is 0 Å². The van der Waals surface area contributed by atoms with Gasteiger partial charge in [-0.1, -0.05) is 13.8 Å². The molecule has 0 aliphatic carbocycles. The van der Waals surface area contributed by atoms with Crippen LogP contribution < -0.4 is 20.9 Å². The number of hydrogen-bond donors (Lipinski definition) is 3. The molecule has 1 aliphatic rings. The molecule has 0 radical (unpaired) electrons. The number of piperidine rings is 1. The molecule has 1 fully saturated rings. The number of nitrogens with one attached hydrogen (secondary N) is 3. The Morgan fingerprint density at radius 3 is 2.38 bits per heavy atom. The monoisotopic (exact) mass is 504 g/mol. The Kier molecular flexibility index (Phi) is 8.32. The van der Waals surface area contributed by atoms with Crippen LogP contribution in [0.4, 0.5) is 27.3 Å². The smallest absolute Gasteiger partial charge is 0.257 e. The van der Waals surface area contributed by atoms with E-state index >= 15 is 0 Å². The number of aryl methyl sites for hydroxylation is 1. The molecule has 194 valence electrons. The van der Waals surface area contributed by atoms with Crippen molar-refractivity contribution in [2.24, 2.45) is 5.92 Å². The summed E-state index contributed by atoms with van der Waals surface area (Å²) in [5, 5.41) is 8.79. The van der Waals surface area contributed by atoms with Gasteiger partial charge in [0.1, 0.15) is 11.6 Å². The first-order valence-corrected chi connectivity index (χ1v) is 12.6. The Labute approximate surface area is 216 Å². The molecule has 3 N–H and O–H groups in total. The fraction of sp³-hybridized carbons (Fsp3) is 0.357. The van der Waals surface area contributed by atoms with E-state index in [0.717, 1.165) is 44.7 Å². The topological polar surface area (TPSA) is 99.2 Å². The van der Waals surface area contributed by atoms with Crippen LogP contribution in [0.2, 0.25) is 0 Å².